The molecule has 2 rings (SSSR count). The molecule has 6 heteroatoms. The number of rotatable bonds is 6. The van der Waals surface area contributed by atoms with Gasteiger partial charge in [-0.15, -0.1) is 0 Å². The number of benzene rings is 1. The van der Waals surface area contributed by atoms with Gasteiger partial charge < -0.3 is 20.9 Å². The zero-order valence-electron chi connectivity index (χ0n) is 15.4. The zero-order chi connectivity index (χ0) is 18.2. The summed E-state index contributed by atoms with van der Waals surface area (Å²) in [6.45, 7) is 7.44. The quantitative estimate of drug-likeness (QED) is 0.740. The Kier molecular flexibility index (Phi) is 7.10. The van der Waals surface area contributed by atoms with E-state index in [0.29, 0.717) is 0 Å². The van der Waals surface area contributed by atoms with Crippen molar-refractivity contribution in [2.24, 2.45) is 0 Å². The van der Waals surface area contributed by atoms with Gasteiger partial charge in [-0.05, 0) is 45.2 Å². The fourth-order valence-electron chi connectivity index (χ4n) is 2.93. The zero-order valence-corrected chi connectivity index (χ0v) is 15.4. The third kappa shape index (κ3) is 5.96. The molecule has 0 spiro atoms. The van der Waals surface area contributed by atoms with Crippen molar-refractivity contribution < 1.29 is 9.59 Å². The topological polar surface area (TPSA) is 73.5 Å². The number of anilines is 1. The van der Waals surface area contributed by atoms with Gasteiger partial charge in [0.15, 0.2) is 0 Å². The third-order valence-electron chi connectivity index (χ3n) is 4.62. The standard InChI is InChI=1S/C19H30N4O2/c1-4-14(2)20-18(24)15(3)21-19(25)22-16-9-8-12-23(13-16)17-10-6-5-7-11-17/h5-7,10-11,14-16H,4,8-9,12-13H2,1-3H3,(H,20,24)(H2,21,22,25)/t14-,15+,16-/m0/s1. The van der Waals surface area contributed by atoms with Crippen LogP contribution in [-0.4, -0.2) is 43.2 Å². The average Bonchev–Trinajstić information content (AvgIpc) is 2.62. The number of para-hydroxylation sites is 1. The van der Waals surface area contributed by atoms with Gasteiger partial charge in [0.25, 0.3) is 0 Å². The normalized spacial score (nSPS) is 19.6. The SMILES string of the molecule is CC[C@H](C)NC(=O)[C@@H](C)NC(=O)N[C@H]1CCCN(c2ccccc2)C1. The molecule has 6 nitrogen and oxygen atoms in total. The van der Waals surface area contributed by atoms with Gasteiger partial charge in [-0.25, -0.2) is 4.79 Å². The van der Waals surface area contributed by atoms with Crippen molar-refractivity contribution in [1.82, 2.24) is 16.0 Å². The fourth-order valence-corrected chi connectivity index (χ4v) is 2.93. The largest absolute Gasteiger partial charge is 0.369 e. The number of piperidine rings is 1. The number of hydrogen-bond donors (Lipinski definition) is 3. The van der Waals surface area contributed by atoms with Crippen molar-refractivity contribution in [3.8, 4) is 0 Å². The van der Waals surface area contributed by atoms with Crippen molar-refractivity contribution in [1.29, 1.82) is 0 Å². The number of carbonyl (C=O) groups excluding carboxylic acids is 2. The first-order chi connectivity index (χ1) is 12.0. The number of hydrogen-bond acceptors (Lipinski definition) is 3. The van der Waals surface area contributed by atoms with Crippen LogP contribution in [-0.2, 0) is 4.79 Å². The average molecular weight is 346 g/mol. The molecule has 1 heterocycles. The third-order valence-corrected chi connectivity index (χ3v) is 4.62. The van der Waals surface area contributed by atoms with E-state index >= 15 is 0 Å². The maximum absolute atomic E-state index is 12.2. The van der Waals surface area contributed by atoms with E-state index in [1.165, 1.54) is 5.69 Å². The first-order valence-electron chi connectivity index (χ1n) is 9.17. The second kappa shape index (κ2) is 9.30. The van der Waals surface area contributed by atoms with Gasteiger partial charge in [0.2, 0.25) is 5.91 Å². The van der Waals surface area contributed by atoms with Crippen LogP contribution in [0.2, 0.25) is 0 Å². The van der Waals surface area contributed by atoms with Gasteiger partial charge in [0, 0.05) is 30.9 Å². The molecule has 1 aliphatic rings. The Morgan fingerprint density at radius 2 is 1.92 bits per heavy atom. The Hall–Kier alpha value is -2.24. The summed E-state index contributed by atoms with van der Waals surface area (Å²) in [5.41, 5.74) is 1.18. The molecule has 3 N–H and O–H groups in total. The number of amides is 3. The molecule has 138 valence electrons. The molecule has 0 bridgehead atoms. The van der Waals surface area contributed by atoms with E-state index < -0.39 is 6.04 Å². The lowest BCUT2D eigenvalue weighted by molar-refractivity contribution is -0.123. The highest BCUT2D eigenvalue weighted by Gasteiger charge is 2.23. The molecule has 0 saturated carbocycles. The van der Waals surface area contributed by atoms with Crippen molar-refractivity contribution in [2.75, 3.05) is 18.0 Å². The lowest BCUT2D eigenvalue weighted by Crippen LogP contribution is -2.54. The van der Waals surface area contributed by atoms with Crippen LogP contribution in [0.1, 0.15) is 40.0 Å². The van der Waals surface area contributed by atoms with E-state index in [9.17, 15) is 9.59 Å². The van der Waals surface area contributed by atoms with Gasteiger partial charge in [-0.2, -0.15) is 0 Å². The summed E-state index contributed by atoms with van der Waals surface area (Å²) in [5, 5.41) is 8.61. The Balaban J connectivity index is 1.80. The van der Waals surface area contributed by atoms with E-state index in [1.807, 2.05) is 32.0 Å². The lowest BCUT2D eigenvalue weighted by atomic mass is 10.1. The van der Waals surface area contributed by atoms with Gasteiger partial charge in [0.1, 0.15) is 6.04 Å². The number of nitrogens with zero attached hydrogens (tertiary/aromatic N) is 1. The molecule has 1 aliphatic heterocycles. The van der Waals surface area contributed by atoms with Gasteiger partial charge in [-0.1, -0.05) is 25.1 Å². The first kappa shape index (κ1) is 19.1. The fraction of sp³-hybridized carbons (Fsp3) is 0.579. The summed E-state index contributed by atoms with van der Waals surface area (Å²) in [7, 11) is 0. The molecule has 0 aliphatic carbocycles. The molecular weight excluding hydrogens is 316 g/mol. The van der Waals surface area contributed by atoms with E-state index in [2.05, 4.69) is 33.0 Å². The highest BCUT2D eigenvalue weighted by molar-refractivity contribution is 5.86. The summed E-state index contributed by atoms with van der Waals surface area (Å²) >= 11 is 0. The predicted molar refractivity (Wildman–Crippen MR) is 101 cm³/mol. The van der Waals surface area contributed by atoms with Crippen LogP contribution in [0.5, 0.6) is 0 Å². The Labute approximate surface area is 150 Å². The van der Waals surface area contributed by atoms with E-state index in [0.717, 1.165) is 32.4 Å². The molecule has 1 aromatic rings. The molecule has 1 aromatic carbocycles. The maximum Gasteiger partial charge on any atom is 0.315 e. The highest BCUT2D eigenvalue weighted by atomic mass is 16.2. The maximum atomic E-state index is 12.2. The number of urea groups is 1. The molecular formula is C19H30N4O2. The summed E-state index contributed by atoms with van der Waals surface area (Å²) in [5.74, 6) is -0.154. The van der Waals surface area contributed by atoms with Crippen molar-refractivity contribution in [2.45, 2.75) is 58.2 Å². The second-order valence-corrected chi connectivity index (χ2v) is 6.78. The van der Waals surface area contributed by atoms with E-state index in [4.69, 9.17) is 0 Å². The van der Waals surface area contributed by atoms with Crippen LogP contribution < -0.4 is 20.9 Å². The summed E-state index contributed by atoms with van der Waals surface area (Å²) in [6, 6.07) is 9.58. The van der Waals surface area contributed by atoms with Crippen LogP contribution in [0.25, 0.3) is 0 Å². The summed E-state index contributed by atoms with van der Waals surface area (Å²) < 4.78 is 0. The predicted octanol–water partition coefficient (Wildman–Crippen LogP) is 2.26. The van der Waals surface area contributed by atoms with Crippen molar-refractivity contribution >= 4 is 17.6 Å². The van der Waals surface area contributed by atoms with Crippen LogP contribution in [0.3, 0.4) is 0 Å². The van der Waals surface area contributed by atoms with Gasteiger partial charge in [0.05, 0.1) is 0 Å². The smallest absolute Gasteiger partial charge is 0.315 e. The van der Waals surface area contributed by atoms with Gasteiger partial charge >= 0.3 is 6.03 Å². The lowest BCUT2D eigenvalue weighted by Gasteiger charge is -2.35. The highest BCUT2D eigenvalue weighted by Crippen LogP contribution is 2.19. The van der Waals surface area contributed by atoms with Crippen LogP contribution in [0, 0.1) is 0 Å². The number of carbonyl (C=O) groups is 2. The first-order valence-corrected chi connectivity index (χ1v) is 9.17. The minimum atomic E-state index is -0.553. The molecule has 3 atom stereocenters. The van der Waals surface area contributed by atoms with E-state index in [-0.39, 0.29) is 24.0 Å². The minimum Gasteiger partial charge on any atom is -0.369 e. The molecule has 1 fully saturated rings. The van der Waals surface area contributed by atoms with Crippen molar-refractivity contribution in [3.05, 3.63) is 30.3 Å². The summed E-state index contributed by atoms with van der Waals surface area (Å²) in [4.78, 5) is 26.5. The molecule has 1 saturated heterocycles. The van der Waals surface area contributed by atoms with Crippen LogP contribution >= 0.6 is 0 Å². The number of nitrogens with one attached hydrogen (secondary N) is 3. The van der Waals surface area contributed by atoms with Crippen molar-refractivity contribution in [3.63, 3.8) is 0 Å². The molecule has 0 unspecified atom stereocenters. The summed E-state index contributed by atoms with van der Waals surface area (Å²) in [6.07, 6.45) is 2.84. The van der Waals surface area contributed by atoms with Gasteiger partial charge in [-0.3, -0.25) is 4.79 Å². The van der Waals surface area contributed by atoms with Crippen LogP contribution in [0.15, 0.2) is 30.3 Å². The molecule has 3 amide bonds. The minimum absolute atomic E-state index is 0.0822. The van der Waals surface area contributed by atoms with E-state index in [1.54, 1.807) is 6.92 Å². The molecule has 25 heavy (non-hydrogen) atoms. The Bertz CT molecular complexity index is 564. The Morgan fingerprint density at radius 3 is 2.60 bits per heavy atom. The monoisotopic (exact) mass is 346 g/mol. The molecule has 0 aromatic heterocycles. The van der Waals surface area contributed by atoms with Crippen LogP contribution in [0.4, 0.5) is 10.5 Å². The Morgan fingerprint density at radius 1 is 1.20 bits per heavy atom. The second-order valence-electron chi connectivity index (χ2n) is 6.78. The molecule has 0 radical (unpaired) electrons.